The molecule has 1 aromatic rings. The first kappa shape index (κ1) is 16.2. The second-order valence-electron chi connectivity index (χ2n) is 5.33. The Labute approximate surface area is 121 Å². The van der Waals surface area contributed by atoms with Gasteiger partial charge in [0.1, 0.15) is 0 Å². The minimum Gasteiger partial charge on any atom is -0.340 e. The Morgan fingerprint density at radius 1 is 1.26 bits per heavy atom. The van der Waals surface area contributed by atoms with E-state index in [9.17, 15) is 0 Å². The molecule has 0 saturated heterocycles. The Morgan fingerprint density at radius 3 is 2.42 bits per heavy atom. The summed E-state index contributed by atoms with van der Waals surface area (Å²) in [5, 5.41) is 3.40. The van der Waals surface area contributed by atoms with Gasteiger partial charge in [-0.15, -0.1) is 0 Å². The summed E-state index contributed by atoms with van der Waals surface area (Å²) in [6, 6.07) is 0.444. The first-order valence-electron chi connectivity index (χ1n) is 6.78. The van der Waals surface area contributed by atoms with Crippen LogP contribution in [-0.2, 0) is 6.54 Å². The minimum atomic E-state index is 0.444. The van der Waals surface area contributed by atoms with Gasteiger partial charge in [-0.3, -0.25) is 0 Å². The molecule has 108 valence electrons. The lowest BCUT2D eigenvalue weighted by Crippen LogP contribution is -2.32. The van der Waals surface area contributed by atoms with Crippen LogP contribution in [0.15, 0.2) is 12.4 Å². The normalized spacial score (nSPS) is 12.7. The van der Waals surface area contributed by atoms with Crippen LogP contribution in [0.1, 0.15) is 26.3 Å². The molecule has 1 rings (SSSR count). The molecule has 0 aliphatic heterocycles. The zero-order valence-corrected chi connectivity index (χ0v) is 13.5. The largest absolute Gasteiger partial charge is 0.340 e. The van der Waals surface area contributed by atoms with Crippen LogP contribution in [0.2, 0.25) is 0 Å². The van der Waals surface area contributed by atoms with Crippen molar-refractivity contribution in [3.05, 3.63) is 18.0 Å². The summed E-state index contributed by atoms with van der Waals surface area (Å²) in [6.07, 6.45) is 5.95. The van der Waals surface area contributed by atoms with Crippen molar-refractivity contribution in [1.82, 2.24) is 15.3 Å². The van der Waals surface area contributed by atoms with Crippen LogP contribution in [0.5, 0.6) is 0 Å². The summed E-state index contributed by atoms with van der Waals surface area (Å²) < 4.78 is 0. The molecule has 0 aliphatic carbocycles. The molecule has 1 aromatic heterocycles. The fraction of sp³-hybridized carbons (Fsp3) is 0.714. The van der Waals surface area contributed by atoms with E-state index in [1.54, 1.807) is 0 Å². The fourth-order valence-electron chi connectivity index (χ4n) is 1.68. The fourth-order valence-corrected chi connectivity index (χ4v) is 2.38. The Hall–Kier alpha value is -0.810. The van der Waals surface area contributed by atoms with E-state index in [1.165, 1.54) is 0 Å². The monoisotopic (exact) mass is 282 g/mol. The van der Waals surface area contributed by atoms with Crippen LogP contribution in [-0.4, -0.2) is 41.6 Å². The highest BCUT2D eigenvalue weighted by Crippen LogP contribution is 2.11. The lowest BCUT2D eigenvalue weighted by molar-refractivity contribution is 0.551. The predicted molar refractivity (Wildman–Crippen MR) is 84.8 cm³/mol. The average Bonchev–Trinajstić information content (AvgIpc) is 2.38. The molecule has 1 unspecified atom stereocenters. The molecule has 0 aromatic carbocycles. The summed E-state index contributed by atoms with van der Waals surface area (Å²) in [6.45, 7) is 8.45. The zero-order chi connectivity index (χ0) is 14.3. The molecule has 4 nitrogen and oxygen atoms in total. The Balaban J connectivity index is 2.51. The van der Waals surface area contributed by atoms with Crippen molar-refractivity contribution in [3.8, 4) is 0 Å². The lowest BCUT2D eigenvalue weighted by atomic mass is 10.2. The molecule has 0 amide bonds. The summed E-state index contributed by atoms with van der Waals surface area (Å²) in [4.78, 5) is 11.0. The van der Waals surface area contributed by atoms with Gasteiger partial charge in [0.2, 0.25) is 5.95 Å². The van der Waals surface area contributed by atoms with Gasteiger partial charge < -0.3 is 10.2 Å². The average molecular weight is 282 g/mol. The molecule has 5 heteroatoms. The second-order valence-corrected chi connectivity index (χ2v) is 6.24. The van der Waals surface area contributed by atoms with E-state index in [4.69, 9.17) is 0 Å². The molecule has 0 radical (unpaired) electrons. The molecule has 1 N–H and O–H groups in total. The third-order valence-corrected chi connectivity index (χ3v) is 3.77. The quantitative estimate of drug-likeness (QED) is 0.793. The highest BCUT2D eigenvalue weighted by Gasteiger charge is 2.11. The van der Waals surface area contributed by atoms with Gasteiger partial charge in [-0.2, -0.15) is 11.8 Å². The van der Waals surface area contributed by atoms with Crippen molar-refractivity contribution < 1.29 is 0 Å². The minimum absolute atomic E-state index is 0.444. The molecule has 0 aliphatic rings. The van der Waals surface area contributed by atoms with Gasteiger partial charge in [-0.1, -0.05) is 13.8 Å². The van der Waals surface area contributed by atoms with Gasteiger partial charge in [0.15, 0.2) is 0 Å². The lowest BCUT2D eigenvalue weighted by Gasteiger charge is -2.24. The third-order valence-electron chi connectivity index (χ3n) is 2.96. The topological polar surface area (TPSA) is 41.1 Å². The summed E-state index contributed by atoms with van der Waals surface area (Å²) in [5.74, 6) is 2.55. The second kappa shape index (κ2) is 8.38. The SMILES string of the molecule is CSCC(C)N(C)c1ncc(CNCC(C)C)cn1. The van der Waals surface area contributed by atoms with Gasteiger partial charge in [0, 0.05) is 43.3 Å². The van der Waals surface area contributed by atoms with Crippen LogP contribution in [0.4, 0.5) is 5.95 Å². The van der Waals surface area contributed by atoms with E-state index in [0.29, 0.717) is 12.0 Å². The zero-order valence-electron chi connectivity index (χ0n) is 12.7. The number of hydrogen-bond donors (Lipinski definition) is 1. The van der Waals surface area contributed by atoms with Gasteiger partial charge in [0.25, 0.3) is 0 Å². The van der Waals surface area contributed by atoms with Gasteiger partial charge in [0.05, 0.1) is 0 Å². The summed E-state index contributed by atoms with van der Waals surface area (Å²) in [5.41, 5.74) is 1.13. The molecular weight excluding hydrogens is 256 g/mol. The van der Waals surface area contributed by atoms with Gasteiger partial charge in [-0.25, -0.2) is 9.97 Å². The maximum Gasteiger partial charge on any atom is 0.225 e. The molecule has 0 spiro atoms. The van der Waals surface area contributed by atoms with E-state index in [2.05, 4.69) is 47.2 Å². The van der Waals surface area contributed by atoms with Crippen molar-refractivity contribution in [2.45, 2.75) is 33.4 Å². The first-order valence-corrected chi connectivity index (χ1v) is 8.17. The Morgan fingerprint density at radius 2 is 1.89 bits per heavy atom. The van der Waals surface area contributed by atoms with Gasteiger partial charge in [-0.05, 0) is 25.6 Å². The molecule has 0 saturated carbocycles. The number of nitrogens with one attached hydrogen (secondary N) is 1. The smallest absolute Gasteiger partial charge is 0.225 e. The number of aromatic nitrogens is 2. The summed E-state index contributed by atoms with van der Waals surface area (Å²) in [7, 11) is 2.05. The van der Waals surface area contributed by atoms with E-state index < -0.39 is 0 Å². The Bertz CT molecular complexity index is 353. The van der Waals surface area contributed by atoms with Crippen molar-refractivity contribution in [2.24, 2.45) is 5.92 Å². The number of anilines is 1. The maximum atomic E-state index is 4.45. The molecule has 0 bridgehead atoms. The standard InChI is InChI=1S/C14H26N4S/c1-11(2)6-15-7-13-8-16-14(17-9-13)18(4)12(3)10-19-5/h8-9,11-12,15H,6-7,10H2,1-5H3. The molecule has 0 fully saturated rings. The first-order chi connectivity index (χ1) is 9.04. The number of thioether (sulfide) groups is 1. The number of rotatable bonds is 8. The third kappa shape index (κ3) is 5.78. The molecule has 1 heterocycles. The Kier molecular flexibility index (Phi) is 7.16. The van der Waals surface area contributed by atoms with E-state index in [0.717, 1.165) is 30.4 Å². The van der Waals surface area contributed by atoms with Crippen molar-refractivity contribution in [1.29, 1.82) is 0 Å². The molecule has 1 atom stereocenters. The van der Waals surface area contributed by atoms with Crippen molar-refractivity contribution in [2.75, 3.05) is 30.5 Å². The highest BCUT2D eigenvalue weighted by atomic mass is 32.2. The highest BCUT2D eigenvalue weighted by molar-refractivity contribution is 7.98. The van der Waals surface area contributed by atoms with Crippen LogP contribution >= 0.6 is 11.8 Å². The maximum absolute atomic E-state index is 4.45. The van der Waals surface area contributed by atoms with E-state index >= 15 is 0 Å². The van der Waals surface area contributed by atoms with Crippen LogP contribution in [0.25, 0.3) is 0 Å². The van der Waals surface area contributed by atoms with E-state index in [1.807, 2.05) is 31.2 Å². The van der Waals surface area contributed by atoms with Crippen LogP contribution in [0.3, 0.4) is 0 Å². The van der Waals surface area contributed by atoms with E-state index in [-0.39, 0.29) is 0 Å². The number of nitrogens with zero attached hydrogens (tertiary/aromatic N) is 3. The van der Waals surface area contributed by atoms with Crippen molar-refractivity contribution in [3.63, 3.8) is 0 Å². The number of hydrogen-bond acceptors (Lipinski definition) is 5. The molecule has 19 heavy (non-hydrogen) atoms. The van der Waals surface area contributed by atoms with Crippen LogP contribution in [0, 0.1) is 5.92 Å². The summed E-state index contributed by atoms with van der Waals surface area (Å²) >= 11 is 1.84. The predicted octanol–water partition coefficient (Wildman–Crippen LogP) is 2.41. The van der Waals surface area contributed by atoms with Crippen LogP contribution < -0.4 is 10.2 Å². The van der Waals surface area contributed by atoms with Gasteiger partial charge >= 0.3 is 0 Å². The molecular formula is C14H26N4S. The van der Waals surface area contributed by atoms with Crippen molar-refractivity contribution >= 4 is 17.7 Å².